The van der Waals surface area contributed by atoms with Gasteiger partial charge in [0.05, 0.1) is 6.33 Å². The van der Waals surface area contributed by atoms with E-state index in [0.29, 0.717) is 11.2 Å². The monoisotopic (exact) mass is 253 g/mol. The summed E-state index contributed by atoms with van der Waals surface area (Å²) in [5.74, 6) is 0.273. The summed E-state index contributed by atoms with van der Waals surface area (Å²) >= 11 is 0. The highest BCUT2D eigenvalue weighted by Gasteiger charge is 2.34. The van der Waals surface area contributed by atoms with Crippen molar-refractivity contribution in [3.05, 3.63) is 12.7 Å². The molecule has 2 aromatic rings. The third kappa shape index (κ3) is 1.60. The topological polar surface area (TPSA) is 135 Å². The Morgan fingerprint density at radius 1 is 1.44 bits per heavy atom. The molecule has 2 aromatic heterocycles. The van der Waals surface area contributed by atoms with Crippen LogP contribution < -0.4 is 11.3 Å². The molecule has 1 aliphatic rings. The van der Waals surface area contributed by atoms with Crippen LogP contribution in [0.1, 0.15) is 12.6 Å². The number of imidazole rings is 1. The predicted molar refractivity (Wildman–Crippen MR) is 57.2 cm³/mol. The number of nitrogens with two attached hydrogens (primary N) is 1. The van der Waals surface area contributed by atoms with Crippen LogP contribution in [-0.2, 0) is 4.84 Å². The molecule has 0 amide bonds. The maximum absolute atomic E-state index is 9.57. The largest absolute Gasteiger partial charge is 0.382 e. The second-order valence-electron chi connectivity index (χ2n) is 3.79. The lowest BCUT2D eigenvalue weighted by Gasteiger charge is -2.15. The summed E-state index contributed by atoms with van der Waals surface area (Å²) in [5.41, 5.74) is 8.37. The fourth-order valence-electron chi connectivity index (χ4n) is 1.86. The van der Waals surface area contributed by atoms with Crippen molar-refractivity contribution in [3.8, 4) is 0 Å². The lowest BCUT2D eigenvalue weighted by Crippen LogP contribution is -2.38. The maximum Gasteiger partial charge on any atom is 0.167 e. The highest BCUT2D eigenvalue weighted by atomic mass is 16.8. The van der Waals surface area contributed by atoms with Gasteiger partial charge in [0.15, 0.2) is 23.9 Å². The Hall–Kier alpha value is -1.85. The molecule has 18 heavy (non-hydrogen) atoms. The van der Waals surface area contributed by atoms with Crippen molar-refractivity contribution in [1.82, 2.24) is 30.3 Å². The van der Waals surface area contributed by atoms with Gasteiger partial charge in [-0.05, 0) is 0 Å². The Bertz CT molecular complexity index is 573. The standard InChI is InChI=1S/C8H11N7O3/c9-7-6-8(11-2-10-7)14(3-12-6)5-1-4(16)15(13-17)18-5/h2-5,13,16-17H,1H2,(H2,9,10,11)/t4-,5+/m0/s1. The van der Waals surface area contributed by atoms with Crippen LogP contribution >= 0.6 is 0 Å². The number of hydroxylamine groups is 1. The molecule has 2 atom stereocenters. The molecule has 5 N–H and O–H groups in total. The molecule has 10 heteroatoms. The van der Waals surface area contributed by atoms with Crippen LogP contribution in [0.5, 0.6) is 0 Å². The van der Waals surface area contributed by atoms with Crippen molar-refractivity contribution in [3.63, 3.8) is 0 Å². The van der Waals surface area contributed by atoms with E-state index in [1.807, 2.05) is 0 Å². The third-order valence-corrected chi connectivity index (χ3v) is 2.71. The summed E-state index contributed by atoms with van der Waals surface area (Å²) < 4.78 is 1.61. The Kier molecular flexibility index (Phi) is 2.57. The highest BCUT2D eigenvalue weighted by molar-refractivity contribution is 5.81. The van der Waals surface area contributed by atoms with Crippen molar-refractivity contribution >= 4 is 17.0 Å². The molecule has 0 aliphatic carbocycles. The average Bonchev–Trinajstić information content (AvgIpc) is 2.93. The van der Waals surface area contributed by atoms with Crippen LogP contribution in [0.2, 0.25) is 0 Å². The molecular formula is C8H11N7O3. The molecule has 0 spiro atoms. The molecule has 3 heterocycles. The van der Waals surface area contributed by atoms with E-state index in [1.54, 1.807) is 10.2 Å². The summed E-state index contributed by atoms with van der Waals surface area (Å²) in [6, 6.07) is 0. The molecule has 10 nitrogen and oxygen atoms in total. The van der Waals surface area contributed by atoms with E-state index in [1.165, 1.54) is 12.7 Å². The number of aromatic nitrogens is 4. The number of anilines is 1. The minimum atomic E-state index is -0.975. The van der Waals surface area contributed by atoms with Gasteiger partial charge in [0.25, 0.3) is 0 Å². The number of nitrogens with zero attached hydrogens (tertiary/aromatic N) is 5. The Morgan fingerprint density at radius 2 is 2.28 bits per heavy atom. The summed E-state index contributed by atoms with van der Waals surface area (Å²) in [7, 11) is 0. The van der Waals surface area contributed by atoms with Crippen molar-refractivity contribution in [2.24, 2.45) is 0 Å². The number of hydrogen-bond acceptors (Lipinski definition) is 9. The predicted octanol–water partition coefficient (Wildman–Crippen LogP) is -1.24. The first-order valence-corrected chi connectivity index (χ1v) is 5.17. The number of aliphatic hydroxyl groups excluding tert-OH is 1. The molecule has 1 saturated heterocycles. The average molecular weight is 253 g/mol. The van der Waals surface area contributed by atoms with Crippen LogP contribution in [-0.4, -0.2) is 41.2 Å². The van der Waals surface area contributed by atoms with Crippen molar-refractivity contribution in [2.45, 2.75) is 18.9 Å². The first-order chi connectivity index (χ1) is 8.70. The molecule has 0 radical (unpaired) electrons. The van der Waals surface area contributed by atoms with Gasteiger partial charge in [-0.1, -0.05) is 5.17 Å². The molecule has 96 valence electrons. The lowest BCUT2D eigenvalue weighted by atomic mass is 10.3. The highest BCUT2D eigenvalue weighted by Crippen LogP contribution is 2.29. The molecule has 0 aromatic carbocycles. The number of aliphatic hydroxyl groups is 1. The van der Waals surface area contributed by atoms with Gasteiger partial charge < -0.3 is 10.8 Å². The van der Waals surface area contributed by atoms with Gasteiger partial charge in [0.1, 0.15) is 11.8 Å². The zero-order valence-corrected chi connectivity index (χ0v) is 9.13. The van der Waals surface area contributed by atoms with Gasteiger partial charge >= 0.3 is 0 Å². The van der Waals surface area contributed by atoms with Crippen molar-refractivity contribution in [1.29, 1.82) is 0 Å². The Balaban J connectivity index is 1.99. The van der Waals surface area contributed by atoms with E-state index in [2.05, 4.69) is 15.0 Å². The molecule has 0 unspecified atom stereocenters. The van der Waals surface area contributed by atoms with Gasteiger partial charge in [-0.3, -0.25) is 14.6 Å². The molecular weight excluding hydrogens is 242 g/mol. The summed E-state index contributed by atoms with van der Waals surface area (Å²) in [6.07, 6.45) is 1.54. The third-order valence-electron chi connectivity index (χ3n) is 2.71. The molecule has 3 rings (SSSR count). The Labute approximate surface area is 101 Å². The number of rotatable bonds is 2. The van der Waals surface area contributed by atoms with Crippen LogP contribution in [0.4, 0.5) is 5.82 Å². The van der Waals surface area contributed by atoms with Gasteiger partial charge in [0.2, 0.25) is 0 Å². The lowest BCUT2D eigenvalue weighted by molar-refractivity contribution is -0.296. The normalized spacial score (nSPS) is 25.0. The van der Waals surface area contributed by atoms with Crippen LogP contribution in [0.25, 0.3) is 11.2 Å². The summed E-state index contributed by atoms with van der Waals surface area (Å²) in [4.78, 5) is 17.2. The van der Waals surface area contributed by atoms with Crippen LogP contribution in [0.3, 0.4) is 0 Å². The first-order valence-electron chi connectivity index (χ1n) is 5.17. The number of nitrogens with one attached hydrogen (secondary N) is 1. The molecule has 0 bridgehead atoms. The first kappa shape index (κ1) is 11.3. The number of fused-ring (bicyclic) bond motifs is 1. The van der Waals surface area contributed by atoms with Crippen molar-refractivity contribution in [2.75, 3.05) is 5.73 Å². The summed E-state index contributed by atoms with van der Waals surface area (Å²) in [6.45, 7) is 0. The zero-order valence-electron chi connectivity index (χ0n) is 9.13. The molecule has 1 fully saturated rings. The van der Waals surface area contributed by atoms with E-state index in [9.17, 15) is 5.11 Å². The quantitative estimate of drug-likeness (QED) is 0.484. The van der Waals surface area contributed by atoms with E-state index < -0.39 is 12.5 Å². The van der Waals surface area contributed by atoms with Crippen molar-refractivity contribution < 1.29 is 15.2 Å². The van der Waals surface area contributed by atoms with Gasteiger partial charge in [-0.2, -0.15) is 0 Å². The minimum Gasteiger partial charge on any atom is -0.382 e. The SMILES string of the molecule is Nc1ncnc2c1ncn2[C@H]1C[C@H](O)N(NO)O1. The van der Waals surface area contributed by atoms with E-state index in [0.717, 1.165) is 5.17 Å². The van der Waals surface area contributed by atoms with Gasteiger partial charge in [-0.15, -0.1) is 5.59 Å². The van der Waals surface area contributed by atoms with E-state index in [-0.39, 0.29) is 12.2 Å². The smallest absolute Gasteiger partial charge is 0.167 e. The number of hydrogen-bond donors (Lipinski definition) is 4. The van der Waals surface area contributed by atoms with Gasteiger partial charge in [-0.25, -0.2) is 15.0 Å². The van der Waals surface area contributed by atoms with E-state index >= 15 is 0 Å². The van der Waals surface area contributed by atoms with E-state index in [4.69, 9.17) is 15.8 Å². The summed E-state index contributed by atoms with van der Waals surface area (Å²) in [5, 5.41) is 19.1. The number of nitrogen functional groups attached to an aromatic ring is 1. The zero-order chi connectivity index (χ0) is 12.7. The molecule has 1 aliphatic heterocycles. The maximum atomic E-state index is 9.57. The molecule has 0 saturated carbocycles. The minimum absolute atomic E-state index is 0.239. The Morgan fingerprint density at radius 3 is 3.00 bits per heavy atom. The number of hydrazine groups is 1. The fourth-order valence-corrected chi connectivity index (χ4v) is 1.86. The van der Waals surface area contributed by atoms with Crippen LogP contribution in [0.15, 0.2) is 12.7 Å². The van der Waals surface area contributed by atoms with Crippen LogP contribution in [0, 0.1) is 0 Å². The van der Waals surface area contributed by atoms with Gasteiger partial charge in [0, 0.05) is 6.42 Å². The fraction of sp³-hybridized carbons (Fsp3) is 0.375. The second-order valence-corrected chi connectivity index (χ2v) is 3.79. The second kappa shape index (κ2) is 4.12.